The number of amides is 2. The van der Waals surface area contributed by atoms with Gasteiger partial charge in [-0.2, -0.15) is 0 Å². The van der Waals surface area contributed by atoms with Crippen molar-refractivity contribution in [1.29, 1.82) is 0 Å². The second-order valence-electron chi connectivity index (χ2n) is 3.66. The van der Waals surface area contributed by atoms with Crippen molar-refractivity contribution in [3.63, 3.8) is 0 Å². The number of hydrogen-bond donors (Lipinski definition) is 0. The first kappa shape index (κ1) is 12.2. The summed E-state index contributed by atoms with van der Waals surface area (Å²) in [5, 5.41) is 0.556. The molecule has 1 aromatic rings. The van der Waals surface area contributed by atoms with Crippen LogP contribution in [0.5, 0.6) is 0 Å². The van der Waals surface area contributed by atoms with E-state index in [1.807, 2.05) is 12.1 Å². The Morgan fingerprint density at radius 3 is 2.18 bits per heavy atom. The molecule has 6 heteroatoms. The fourth-order valence-corrected chi connectivity index (χ4v) is 2.35. The van der Waals surface area contributed by atoms with E-state index in [4.69, 9.17) is 4.84 Å². The van der Waals surface area contributed by atoms with Gasteiger partial charge in [0, 0.05) is 0 Å². The Morgan fingerprint density at radius 2 is 1.65 bits per heavy atom. The van der Waals surface area contributed by atoms with Crippen molar-refractivity contribution >= 4 is 20.9 Å². The van der Waals surface area contributed by atoms with Gasteiger partial charge in [-0.3, -0.25) is 0 Å². The zero-order chi connectivity index (χ0) is 12.4. The number of nitrogens with zero attached hydrogens (tertiary/aromatic N) is 1. The molecule has 0 aromatic heterocycles. The van der Waals surface area contributed by atoms with Gasteiger partial charge in [0.15, 0.2) is 0 Å². The van der Waals surface area contributed by atoms with Crippen LogP contribution in [-0.4, -0.2) is 22.8 Å². The fraction of sp³-hybridized carbons (Fsp3) is 0.182. The summed E-state index contributed by atoms with van der Waals surface area (Å²) in [6.07, 6.45) is 0.210. The van der Waals surface area contributed by atoms with Gasteiger partial charge in [0.1, 0.15) is 0 Å². The molecule has 5 nitrogen and oxygen atoms in total. The van der Waals surface area contributed by atoms with Crippen molar-refractivity contribution in [1.82, 2.24) is 5.06 Å². The number of hydrogen-bond acceptors (Lipinski definition) is 4. The second-order valence-corrected chi connectivity index (χ2v) is 6.83. The van der Waals surface area contributed by atoms with Gasteiger partial charge in [0.25, 0.3) is 0 Å². The van der Waals surface area contributed by atoms with Gasteiger partial charge in [0.2, 0.25) is 0 Å². The number of rotatable bonds is 2. The summed E-state index contributed by atoms with van der Waals surface area (Å²) in [6.45, 7) is 0. The topological polar surface area (TPSA) is 63.7 Å². The molecule has 0 aliphatic carbocycles. The summed E-state index contributed by atoms with van der Waals surface area (Å²) in [4.78, 5) is 38.9. The summed E-state index contributed by atoms with van der Waals surface area (Å²) in [5.41, 5.74) is 0.340. The summed E-state index contributed by atoms with van der Waals surface area (Å²) in [6, 6.07) is 6.95. The van der Waals surface area contributed by atoms with Crippen LogP contribution in [0, 0.1) is 0 Å². The Balaban J connectivity index is 2.09. The maximum absolute atomic E-state index is 11.7. The van der Waals surface area contributed by atoms with E-state index in [-0.39, 0.29) is 12.8 Å². The zero-order valence-electron chi connectivity index (χ0n) is 9.01. The molecular weight excluding hydrogens is 411 g/mol. The van der Waals surface area contributed by atoms with Crippen molar-refractivity contribution in [3.05, 3.63) is 29.8 Å². The summed E-state index contributed by atoms with van der Waals surface area (Å²) >= 11 is 0.502. The van der Waals surface area contributed by atoms with Crippen LogP contribution >= 0.6 is 0 Å². The molecule has 1 aliphatic rings. The van der Waals surface area contributed by atoms with E-state index >= 15 is 0 Å². The molecule has 83 valence electrons. The van der Waals surface area contributed by atoms with Crippen LogP contribution in [0.4, 0.5) is 0 Å². The molecule has 0 bridgehead atoms. The average molecular weight is 419 g/mol. The van der Waals surface area contributed by atoms with Gasteiger partial charge in [-0.15, -0.1) is 0 Å². The Morgan fingerprint density at radius 1 is 1.12 bits per heavy atom. The molecular formula is C11H8HgNO4. The first-order valence-electron chi connectivity index (χ1n) is 5.08. The third kappa shape index (κ3) is 2.72. The Hall–Kier alpha value is -1.23. The summed E-state index contributed by atoms with van der Waals surface area (Å²) in [5.74, 6) is -1.61. The van der Waals surface area contributed by atoms with E-state index in [0.717, 1.165) is 0 Å². The molecule has 0 N–H and O–H groups in total. The normalized spacial score (nSPS) is 15.3. The standard InChI is InChI=1S/C11H8NO4.Hg/c13-9-6-7-10(14)12(9)16-11(15)8-4-2-1-3-5-8;/h2-5H,6-7H2;. The SMILES string of the molecule is O=C(ON1C(=O)CCC1=O)c1cc[c]([Hg])cc1. The molecule has 1 aliphatic heterocycles. The Labute approximate surface area is 114 Å². The van der Waals surface area contributed by atoms with Crippen LogP contribution in [-0.2, 0) is 40.5 Å². The van der Waals surface area contributed by atoms with Crippen molar-refractivity contribution in [2.75, 3.05) is 0 Å². The predicted molar refractivity (Wildman–Crippen MR) is 52.6 cm³/mol. The number of hydroxylamine groups is 2. The number of carbonyl (C=O) groups excluding carboxylic acids is 3. The van der Waals surface area contributed by atoms with E-state index in [1.165, 1.54) is 3.07 Å². The molecule has 0 saturated carbocycles. The number of carbonyl (C=O) groups is 3. The Bertz CT molecular complexity index is 467. The molecule has 1 saturated heterocycles. The minimum atomic E-state index is -0.679. The van der Waals surface area contributed by atoms with Gasteiger partial charge < -0.3 is 0 Å². The third-order valence-electron chi connectivity index (χ3n) is 2.37. The molecule has 1 aromatic carbocycles. The van der Waals surface area contributed by atoms with Crippen molar-refractivity contribution < 1.29 is 45.3 Å². The maximum atomic E-state index is 11.7. The summed E-state index contributed by atoms with van der Waals surface area (Å²) in [7, 11) is 0. The zero-order valence-corrected chi connectivity index (χ0v) is 14.5. The molecule has 0 atom stereocenters. The van der Waals surface area contributed by atoms with Crippen molar-refractivity contribution in [3.8, 4) is 0 Å². The van der Waals surface area contributed by atoms with Gasteiger partial charge in [-0.05, 0) is 0 Å². The molecule has 0 spiro atoms. The quantitative estimate of drug-likeness (QED) is 0.504. The predicted octanol–water partition coefficient (Wildman–Crippen LogP) is 0.0795. The molecule has 2 amide bonds. The Kier molecular flexibility index (Phi) is 3.56. The molecule has 0 unspecified atom stereocenters. The van der Waals surface area contributed by atoms with Crippen molar-refractivity contribution in [2.24, 2.45) is 0 Å². The molecule has 0 radical (unpaired) electrons. The van der Waals surface area contributed by atoms with E-state index in [1.54, 1.807) is 12.1 Å². The minimum absolute atomic E-state index is 0.105. The van der Waals surface area contributed by atoms with Gasteiger partial charge in [-0.1, -0.05) is 0 Å². The third-order valence-corrected chi connectivity index (χ3v) is 4.20. The monoisotopic (exact) mass is 420 g/mol. The summed E-state index contributed by atoms with van der Waals surface area (Å²) < 4.78 is 1.20. The molecule has 1 heterocycles. The molecule has 17 heavy (non-hydrogen) atoms. The van der Waals surface area contributed by atoms with Crippen molar-refractivity contribution in [2.45, 2.75) is 12.8 Å². The van der Waals surface area contributed by atoms with E-state index < -0.39 is 17.8 Å². The van der Waals surface area contributed by atoms with E-state index in [2.05, 4.69) is 0 Å². The van der Waals surface area contributed by atoms with Crippen LogP contribution in [0.1, 0.15) is 23.2 Å². The molecule has 2 rings (SSSR count). The first-order valence-corrected chi connectivity index (χ1v) is 7.83. The van der Waals surface area contributed by atoms with Gasteiger partial charge in [-0.25, -0.2) is 0 Å². The van der Waals surface area contributed by atoms with E-state index in [0.29, 0.717) is 36.7 Å². The fourth-order valence-electron chi connectivity index (χ4n) is 1.43. The van der Waals surface area contributed by atoms with Crippen LogP contribution in [0.2, 0.25) is 0 Å². The van der Waals surface area contributed by atoms with Crippen LogP contribution < -0.4 is 3.07 Å². The van der Waals surface area contributed by atoms with Gasteiger partial charge >= 0.3 is 114 Å². The number of imide groups is 1. The number of benzene rings is 1. The van der Waals surface area contributed by atoms with Crippen LogP contribution in [0.3, 0.4) is 0 Å². The van der Waals surface area contributed by atoms with Gasteiger partial charge in [0.05, 0.1) is 0 Å². The molecule has 1 fully saturated rings. The average Bonchev–Trinajstić information content (AvgIpc) is 2.61. The van der Waals surface area contributed by atoms with E-state index in [9.17, 15) is 14.4 Å². The second kappa shape index (κ2) is 4.95. The first-order chi connectivity index (χ1) is 8.08. The van der Waals surface area contributed by atoms with Crippen LogP contribution in [0.15, 0.2) is 24.3 Å². The van der Waals surface area contributed by atoms with Crippen LogP contribution in [0.25, 0.3) is 0 Å².